The lowest BCUT2D eigenvalue weighted by molar-refractivity contribution is 0.0918. The Morgan fingerprint density at radius 2 is 2.24 bits per heavy atom. The summed E-state index contributed by atoms with van der Waals surface area (Å²) in [6.07, 6.45) is 2.32. The van der Waals surface area contributed by atoms with E-state index < -0.39 is 6.10 Å². The van der Waals surface area contributed by atoms with Gasteiger partial charge in [0.2, 0.25) is 0 Å². The van der Waals surface area contributed by atoms with E-state index in [-0.39, 0.29) is 5.91 Å². The summed E-state index contributed by atoms with van der Waals surface area (Å²) in [7, 11) is 0. The molecule has 1 amide bonds. The Kier molecular flexibility index (Phi) is 5.65. The first kappa shape index (κ1) is 14.2. The third-order valence-electron chi connectivity index (χ3n) is 2.73. The molecular weight excluding hydrogens is 234 g/mol. The number of thiophene rings is 1. The first-order valence-corrected chi connectivity index (χ1v) is 6.95. The first-order chi connectivity index (χ1) is 8.08. The number of nitrogens with one attached hydrogen (secondary N) is 1. The summed E-state index contributed by atoms with van der Waals surface area (Å²) in [5, 5.41) is 12.1. The number of aliphatic hydroxyl groups is 1. The van der Waals surface area contributed by atoms with Gasteiger partial charge >= 0.3 is 0 Å². The highest BCUT2D eigenvalue weighted by Gasteiger charge is 2.12. The smallest absolute Gasteiger partial charge is 0.261 e. The van der Waals surface area contributed by atoms with Gasteiger partial charge in [-0.25, -0.2) is 0 Å². The van der Waals surface area contributed by atoms with E-state index in [9.17, 15) is 9.90 Å². The van der Waals surface area contributed by atoms with Crippen molar-refractivity contribution in [1.82, 2.24) is 5.32 Å². The predicted octanol–water partition coefficient (Wildman–Crippen LogP) is 2.51. The van der Waals surface area contributed by atoms with Crippen molar-refractivity contribution in [2.75, 3.05) is 6.54 Å². The minimum atomic E-state index is -0.449. The maximum Gasteiger partial charge on any atom is 0.261 e. The normalized spacial score (nSPS) is 12.5. The number of aliphatic hydroxyl groups excluding tert-OH is 1. The van der Waals surface area contributed by atoms with E-state index in [1.54, 1.807) is 0 Å². The van der Waals surface area contributed by atoms with Crippen LogP contribution in [0, 0.1) is 6.92 Å². The monoisotopic (exact) mass is 255 g/mol. The zero-order valence-electron chi connectivity index (χ0n) is 10.7. The first-order valence-electron chi connectivity index (χ1n) is 6.14. The molecule has 1 heterocycles. The highest BCUT2D eigenvalue weighted by molar-refractivity contribution is 7.14. The molecule has 0 radical (unpaired) electrons. The van der Waals surface area contributed by atoms with Gasteiger partial charge in [0.25, 0.3) is 5.91 Å². The Bertz CT molecular complexity index is 373. The Morgan fingerprint density at radius 1 is 1.53 bits per heavy atom. The van der Waals surface area contributed by atoms with Crippen molar-refractivity contribution in [2.45, 2.75) is 46.1 Å². The fourth-order valence-electron chi connectivity index (χ4n) is 1.59. The molecule has 1 aromatic rings. The average molecular weight is 255 g/mol. The van der Waals surface area contributed by atoms with Crippen molar-refractivity contribution in [2.24, 2.45) is 0 Å². The zero-order valence-corrected chi connectivity index (χ0v) is 11.6. The molecule has 4 heteroatoms. The SMILES string of the molecule is CCCc1cc(C(=O)NCC(O)CC)sc1C. The van der Waals surface area contributed by atoms with Gasteiger partial charge < -0.3 is 10.4 Å². The van der Waals surface area contributed by atoms with Crippen LogP contribution in [-0.2, 0) is 6.42 Å². The quantitative estimate of drug-likeness (QED) is 0.820. The molecule has 0 aliphatic rings. The van der Waals surface area contributed by atoms with Gasteiger partial charge in [0.05, 0.1) is 11.0 Å². The summed E-state index contributed by atoms with van der Waals surface area (Å²) < 4.78 is 0. The lowest BCUT2D eigenvalue weighted by atomic mass is 10.1. The van der Waals surface area contributed by atoms with Crippen molar-refractivity contribution >= 4 is 17.2 Å². The van der Waals surface area contributed by atoms with E-state index in [1.807, 2.05) is 19.9 Å². The van der Waals surface area contributed by atoms with Crippen LogP contribution in [0.2, 0.25) is 0 Å². The molecule has 1 aromatic heterocycles. The molecule has 3 nitrogen and oxygen atoms in total. The molecule has 0 saturated carbocycles. The molecule has 0 spiro atoms. The molecule has 0 saturated heterocycles. The number of carbonyl (C=O) groups is 1. The second-order valence-corrected chi connectivity index (χ2v) is 5.47. The lowest BCUT2D eigenvalue weighted by Gasteiger charge is -2.08. The minimum absolute atomic E-state index is 0.0760. The summed E-state index contributed by atoms with van der Waals surface area (Å²) in [6.45, 7) is 6.41. The van der Waals surface area contributed by atoms with E-state index in [0.717, 1.165) is 17.7 Å². The molecule has 96 valence electrons. The molecular formula is C13H21NO2S. The standard InChI is InChI=1S/C13H21NO2S/c1-4-6-10-7-12(17-9(10)3)13(16)14-8-11(15)5-2/h7,11,15H,4-6,8H2,1-3H3,(H,14,16). The highest BCUT2D eigenvalue weighted by atomic mass is 32.1. The summed E-state index contributed by atoms with van der Waals surface area (Å²) in [5.74, 6) is -0.0760. The van der Waals surface area contributed by atoms with Crippen molar-refractivity contribution in [3.8, 4) is 0 Å². The van der Waals surface area contributed by atoms with E-state index in [2.05, 4.69) is 12.2 Å². The minimum Gasteiger partial charge on any atom is -0.391 e. The largest absolute Gasteiger partial charge is 0.391 e. The van der Waals surface area contributed by atoms with Crippen molar-refractivity contribution < 1.29 is 9.90 Å². The van der Waals surface area contributed by atoms with Crippen LogP contribution in [0.5, 0.6) is 0 Å². The molecule has 2 N–H and O–H groups in total. The average Bonchev–Trinajstić information content (AvgIpc) is 2.68. The van der Waals surface area contributed by atoms with Crippen molar-refractivity contribution in [1.29, 1.82) is 0 Å². The van der Waals surface area contributed by atoms with Gasteiger partial charge in [0.1, 0.15) is 0 Å². The van der Waals surface area contributed by atoms with Crippen LogP contribution in [-0.4, -0.2) is 23.7 Å². The molecule has 1 atom stereocenters. The number of rotatable bonds is 6. The molecule has 1 unspecified atom stereocenters. The fourth-order valence-corrected chi connectivity index (χ4v) is 2.58. The lowest BCUT2D eigenvalue weighted by Crippen LogP contribution is -2.31. The fraction of sp³-hybridized carbons (Fsp3) is 0.615. The third-order valence-corrected chi connectivity index (χ3v) is 3.82. The van der Waals surface area contributed by atoms with E-state index >= 15 is 0 Å². The maximum atomic E-state index is 11.8. The summed E-state index contributed by atoms with van der Waals surface area (Å²) in [4.78, 5) is 13.8. The molecule has 0 fully saturated rings. The van der Waals surface area contributed by atoms with Gasteiger partial charge in [-0.15, -0.1) is 11.3 Å². The molecule has 0 aliphatic heterocycles. The van der Waals surface area contributed by atoms with Crippen LogP contribution in [0.4, 0.5) is 0 Å². The zero-order chi connectivity index (χ0) is 12.8. The number of carbonyl (C=O) groups excluding carboxylic acids is 1. The number of aryl methyl sites for hydroxylation is 2. The van der Waals surface area contributed by atoms with Crippen molar-refractivity contribution in [3.05, 3.63) is 21.4 Å². The molecule has 0 aliphatic carbocycles. The van der Waals surface area contributed by atoms with Gasteiger partial charge in [0, 0.05) is 11.4 Å². The predicted molar refractivity (Wildman–Crippen MR) is 71.7 cm³/mol. The Balaban J connectivity index is 2.60. The van der Waals surface area contributed by atoms with E-state index in [1.165, 1.54) is 21.8 Å². The summed E-state index contributed by atoms with van der Waals surface area (Å²) in [6, 6.07) is 1.97. The Labute approximate surface area is 107 Å². The maximum absolute atomic E-state index is 11.8. The van der Waals surface area contributed by atoms with Gasteiger partial charge in [0.15, 0.2) is 0 Å². The van der Waals surface area contributed by atoms with E-state index in [4.69, 9.17) is 0 Å². The number of hydrogen-bond acceptors (Lipinski definition) is 3. The van der Waals surface area contributed by atoms with Crippen LogP contribution in [0.1, 0.15) is 46.8 Å². The topological polar surface area (TPSA) is 49.3 Å². The molecule has 0 bridgehead atoms. The van der Waals surface area contributed by atoms with Gasteiger partial charge in [-0.3, -0.25) is 4.79 Å². The van der Waals surface area contributed by atoms with Gasteiger partial charge in [-0.05, 0) is 31.4 Å². The Morgan fingerprint density at radius 3 is 2.82 bits per heavy atom. The second kappa shape index (κ2) is 6.77. The van der Waals surface area contributed by atoms with Crippen LogP contribution in [0.15, 0.2) is 6.07 Å². The van der Waals surface area contributed by atoms with Crippen molar-refractivity contribution in [3.63, 3.8) is 0 Å². The third kappa shape index (κ3) is 4.13. The number of amides is 1. The van der Waals surface area contributed by atoms with Gasteiger partial charge in [-0.2, -0.15) is 0 Å². The Hall–Kier alpha value is -0.870. The van der Waals surface area contributed by atoms with Crippen LogP contribution < -0.4 is 5.32 Å². The molecule has 17 heavy (non-hydrogen) atoms. The molecule has 0 aromatic carbocycles. The summed E-state index contributed by atoms with van der Waals surface area (Å²) >= 11 is 1.53. The van der Waals surface area contributed by atoms with Crippen LogP contribution in [0.25, 0.3) is 0 Å². The van der Waals surface area contributed by atoms with Crippen LogP contribution in [0.3, 0.4) is 0 Å². The van der Waals surface area contributed by atoms with Crippen LogP contribution >= 0.6 is 11.3 Å². The molecule has 1 rings (SSSR count). The number of hydrogen-bond donors (Lipinski definition) is 2. The second-order valence-electron chi connectivity index (χ2n) is 4.21. The summed E-state index contributed by atoms with van der Waals surface area (Å²) in [5.41, 5.74) is 1.26. The van der Waals surface area contributed by atoms with E-state index in [0.29, 0.717) is 13.0 Å². The van der Waals surface area contributed by atoms with Gasteiger partial charge in [-0.1, -0.05) is 20.3 Å². The highest BCUT2D eigenvalue weighted by Crippen LogP contribution is 2.22.